The second-order valence-electron chi connectivity index (χ2n) is 5.25. The summed E-state index contributed by atoms with van der Waals surface area (Å²) in [4.78, 5) is 9.44. The summed E-state index contributed by atoms with van der Waals surface area (Å²) in [5.74, 6) is -1.04. The maximum Gasteiger partial charge on any atom is 0.273 e. The molecular formula is C15H15FN2O4S. The number of sulfonamides is 1. The van der Waals surface area contributed by atoms with E-state index in [4.69, 9.17) is 0 Å². The third-order valence-corrected chi connectivity index (χ3v) is 4.75. The van der Waals surface area contributed by atoms with Crippen LogP contribution >= 0.6 is 0 Å². The van der Waals surface area contributed by atoms with E-state index < -0.39 is 31.3 Å². The highest BCUT2D eigenvalue weighted by atomic mass is 32.2. The van der Waals surface area contributed by atoms with Gasteiger partial charge in [-0.3, -0.25) is 14.8 Å². The van der Waals surface area contributed by atoms with Crippen LogP contribution in [0, 0.1) is 36.7 Å². The molecule has 0 aliphatic heterocycles. The highest BCUT2D eigenvalue weighted by Gasteiger charge is 2.25. The monoisotopic (exact) mass is 338 g/mol. The molecular weight excluding hydrogens is 323 g/mol. The fraction of sp³-hybridized carbons (Fsp3) is 0.200. The van der Waals surface area contributed by atoms with Crippen molar-refractivity contribution < 1.29 is 17.7 Å². The third kappa shape index (κ3) is 3.48. The molecule has 1 N–H and O–H groups in total. The van der Waals surface area contributed by atoms with Crippen LogP contribution in [0.1, 0.15) is 16.7 Å². The van der Waals surface area contributed by atoms with Crippen molar-refractivity contribution in [2.75, 3.05) is 4.72 Å². The largest absolute Gasteiger partial charge is 0.279 e. The van der Waals surface area contributed by atoms with Crippen LogP contribution in [0.3, 0.4) is 0 Å². The van der Waals surface area contributed by atoms with Gasteiger partial charge in [0.05, 0.1) is 10.6 Å². The van der Waals surface area contributed by atoms with E-state index in [-0.39, 0.29) is 5.56 Å². The van der Waals surface area contributed by atoms with Gasteiger partial charge in [0.1, 0.15) is 10.7 Å². The first-order valence-corrected chi connectivity index (χ1v) is 8.15. The number of hydrogen-bond donors (Lipinski definition) is 1. The van der Waals surface area contributed by atoms with Gasteiger partial charge in [-0.1, -0.05) is 12.1 Å². The molecule has 0 aromatic heterocycles. The number of rotatable bonds is 4. The highest BCUT2D eigenvalue weighted by Crippen LogP contribution is 2.28. The number of aryl methyl sites for hydroxylation is 3. The Balaban J connectivity index is 2.54. The number of halogens is 1. The average molecular weight is 338 g/mol. The molecule has 2 aromatic carbocycles. The molecule has 2 aromatic rings. The van der Waals surface area contributed by atoms with Crippen LogP contribution in [0.4, 0.5) is 15.8 Å². The molecule has 0 fully saturated rings. The van der Waals surface area contributed by atoms with Gasteiger partial charge in [0.15, 0.2) is 0 Å². The van der Waals surface area contributed by atoms with E-state index in [2.05, 4.69) is 4.72 Å². The van der Waals surface area contributed by atoms with Crippen LogP contribution in [0.25, 0.3) is 0 Å². The van der Waals surface area contributed by atoms with Gasteiger partial charge in [0, 0.05) is 11.6 Å². The Morgan fingerprint density at radius 2 is 1.74 bits per heavy atom. The first kappa shape index (κ1) is 16.9. The standard InChI is InChI=1S/C15H15FN2O4S/c1-9-4-5-10(2)13(6-9)17-23(21,22)15-8-14(18(19)20)11(3)7-12(15)16/h4-8,17H,1-3H3. The Morgan fingerprint density at radius 3 is 2.35 bits per heavy atom. The topological polar surface area (TPSA) is 89.3 Å². The molecule has 0 aliphatic carbocycles. The zero-order valence-electron chi connectivity index (χ0n) is 12.8. The smallest absolute Gasteiger partial charge is 0.273 e. The third-order valence-electron chi connectivity index (χ3n) is 3.37. The number of nitrogens with zero attached hydrogens (tertiary/aromatic N) is 1. The predicted molar refractivity (Wildman–Crippen MR) is 84.5 cm³/mol. The molecule has 2 rings (SSSR count). The van der Waals surface area contributed by atoms with Crippen molar-refractivity contribution in [3.05, 3.63) is 63.0 Å². The molecule has 0 radical (unpaired) electrons. The Hall–Kier alpha value is -2.48. The number of nitro benzene ring substituents is 1. The number of benzene rings is 2. The van der Waals surface area contributed by atoms with E-state index in [0.29, 0.717) is 11.3 Å². The summed E-state index contributed by atoms with van der Waals surface area (Å²) in [7, 11) is -4.29. The number of anilines is 1. The summed E-state index contributed by atoms with van der Waals surface area (Å²) in [6.45, 7) is 4.83. The van der Waals surface area contributed by atoms with Gasteiger partial charge in [0.2, 0.25) is 0 Å². The van der Waals surface area contributed by atoms with E-state index >= 15 is 0 Å². The fourth-order valence-corrected chi connectivity index (χ4v) is 3.29. The minimum Gasteiger partial charge on any atom is -0.279 e. The van der Waals surface area contributed by atoms with Crippen molar-refractivity contribution in [1.29, 1.82) is 0 Å². The normalized spacial score (nSPS) is 11.3. The Bertz CT molecular complexity index is 895. The molecule has 0 amide bonds. The molecule has 122 valence electrons. The van der Waals surface area contributed by atoms with Crippen molar-refractivity contribution in [3.8, 4) is 0 Å². The molecule has 0 atom stereocenters. The van der Waals surface area contributed by atoms with E-state index in [0.717, 1.165) is 17.7 Å². The molecule has 0 spiro atoms. The van der Waals surface area contributed by atoms with Gasteiger partial charge in [-0.05, 0) is 44.0 Å². The molecule has 23 heavy (non-hydrogen) atoms. The predicted octanol–water partition coefficient (Wildman–Crippen LogP) is 3.46. The van der Waals surface area contributed by atoms with Gasteiger partial charge < -0.3 is 0 Å². The molecule has 0 heterocycles. The molecule has 0 aliphatic rings. The lowest BCUT2D eigenvalue weighted by Gasteiger charge is -2.12. The van der Waals surface area contributed by atoms with Crippen LogP contribution < -0.4 is 4.72 Å². The first-order valence-electron chi connectivity index (χ1n) is 6.66. The lowest BCUT2D eigenvalue weighted by molar-refractivity contribution is -0.385. The van der Waals surface area contributed by atoms with Gasteiger partial charge in [0.25, 0.3) is 15.7 Å². The highest BCUT2D eigenvalue weighted by molar-refractivity contribution is 7.92. The van der Waals surface area contributed by atoms with Crippen LogP contribution in [0.15, 0.2) is 35.2 Å². The number of nitrogens with one attached hydrogen (secondary N) is 1. The van der Waals surface area contributed by atoms with E-state index in [1.165, 1.54) is 6.92 Å². The van der Waals surface area contributed by atoms with Crippen LogP contribution in [0.2, 0.25) is 0 Å². The Morgan fingerprint density at radius 1 is 1.09 bits per heavy atom. The maximum atomic E-state index is 14.0. The summed E-state index contributed by atoms with van der Waals surface area (Å²) in [5.41, 5.74) is 1.38. The zero-order chi connectivity index (χ0) is 17.4. The lowest BCUT2D eigenvalue weighted by atomic mass is 10.1. The van der Waals surface area contributed by atoms with Crippen molar-refractivity contribution in [3.63, 3.8) is 0 Å². The molecule has 6 nitrogen and oxygen atoms in total. The fourth-order valence-electron chi connectivity index (χ4n) is 2.09. The minimum atomic E-state index is -4.29. The zero-order valence-corrected chi connectivity index (χ0v) is 13.6. The summed E-state index contributed by atoms with van der Waals surface area (Å²) in [5, 5.41) is 10.9. The second kappa shape index (κ2) is 5.96. The molecule has 8 heteroatoms. The summed E-state index contributed by atoms with van der Waals surface area (Å²) in [6, 6.07) is 6.72. The summed E-state index contributed by atoms with van der Waals surface area (Å²) >= 11 is 0. The van der Waals surface area contributed by atoms with Gasteiger partial charge in [-0.15, -0.1) is 0 Å². The summed E-state index contributed by atoms with van der Waals surface area (Å²) < 4.78 is 41.1. The maximum absolute atomic E-state index is 14.0. The van der Waals surface area contributed by atoms with Crippen LogP contribution in [0.5, 0.6) is 0 Å². The number of hydrogen-bond acceptors (Lipinski definition) is 4. The molecule has 0 unspecified atom stereocenters. The minimum absolute atomic E-state index is 0.0539. The molecule has 0 bridgehead atoms. The first-order chi connectivity index (χ1) is 10.6. The van der Waals surface area contributed by atoms with Crippen LogP contribution in [-0.2, 0) is 10.0 Å². The Kier molecular flexibility index (Phi) is 4.37. The van der Waals surface area contributed by atoms with Gasteiger partial charge in [-0.2, -0.15) is 0 Å². The van der Waals surface area contributed by atoms with Crippen molar-refractivity contribution in [1.82, 2.24) is 0 Å². The molecule has 0 saturated heterocycles. The van der Waals surface area contributed by atoms with Crippen molar-refractivity contribution in [2.24, 2.45) is 0 Å². The van der Waals surface area contributed by atoms with Crippen molar-refractivity contribution in [2.45, 2.75) is 25.7 Å². The average Bonchev–Trinajstić information content (AvgIpc) is 2.41. The SMILES string of the molecule is Cc1ccc(C)c(NS(=O)(=O)c2cc([N+](=O)[O-])c(C)cc2F)c1. The summed E-state index contributed by atoms with van der Waals surface area (Å²) in [6.07, 6.45) is 0. The second-order valence-corrected chi connectivity index (χ2v) is 6.90. The van der Waals surface area contributed by atoms with E-state index in [9.17, 15) is 22.9 Å². The van der Waals surface area contributed by atoms with Crippen molar-refractivity contribution >= 4 is 21.4 Å². The number of nitro groups is 1. The van der Waals surface area contributed by atoms with E-state index in [1.54, 1.807) is 26.0 Å². The van der Waals surface area contributed by atoms with Crippen LogP contribution in [-0.4, -0.2) is 13.3 Å². The van der Waals surface area contributed by atoms with E-state index in [1.807, 2.05) is 6.07 Å². The lowest BCUT2D eigenvalue weighted by Crippen LogP contribution is -2.16. The van der Waals surface area contributed by atoms with Gasteiger partial charge >= 0.3 is 0 Å². The Labute approximate surface area is 133 Å². The molecule has 0 saturated carbocycles. The quantitative estimate of drug-likeness (QED) is 0.683. The van der Waals surface area contributed by atoms with Gasteiger partial charge in [-0.25, -0.2) is 12.8 Å².